The van der Waals surface area contributed by atoms with Gasteiger partial charge in [-0.3, -0.25) is 13.9 Å². The summed E-state index contributed by atoms with van der Waals surface area (Å²) in [6, 6.07) is 7.79. The maximum atomic E-state index is 12.3. The van der Waals surface area contributed by atoms with Gasteiger partial charge in [0.2, 0.25) is 10.0 Å². The van der Waals surface area contributed by atoms with Crippen LogP contribution in [0, 0.1) is 0 Å². The van der Waals surface area contributed by atoms with Crippen LogP contribution in [0.2, 0.25) is 0 Å². The zero-order chi connectivity index (χ0) is 17.5. The molecule has 126 valence electrons. The SMILES string of the molecule is C[C@@H]1Cc2cc(C(=O)Nc3ccc[nH]c3=O)ccc2N1S(C)(=O)=O. The van der Waals surface area contributed by atoms with Crippen molar-refractivity contribution in [3.63, 3.8) is 0 Å². The zero-order valence-corrected chi connectivity index (χ0v) is 14.1. The van der Waals surface area contributed by atoms with Crippen molar-refractivity contribution in [2.75, 3.05) is 15.9 Å². The van der Waals surface area contributed by atoms with E-state index in [1.54, 1.807) is 24.3 Å². The highest BCUT2D eigenvalue weighted by Gasteiger charge is 2.32. The van der Waals surface area contributed by atoms with E-state index in [1.165, 1.54) is 22.8 Å². The van der Waals surface area contributed by atoms with Crippen LogP contribution < -0.4 is 15.2 Å². The normalized spacial score (nSPS) is 16.8. The van der Waals surface area contributed by atoms with Gasteiger partial charge >= 0.3 is 0 Å². The summed E-state index contributed by atoms with van der Waals surface area (Å²) in [5, 5.41) is 2.56. The molecule has 0 radical (unpaired) electrons. The van der Waals surface area contributed by atoms with Gasteiger partial charge in [-0.2, -0.15) is 0 Å². The third-order valence-corrected chi connectivity index (χ3v) is 5.19. The predicted octanol–water partition coefficient (Wildman–Crippen LogP) is 1.34. The van der Waals surface area contributed by atoms with Crippen molar-refractivity contribution in [3.8, 4) is 0 Å². The Labute approximate surface area is 139 Å². The van der Waals surface area contributed by atoms with Gasteiger partial charge in [0, 0.05) is 17.8 Å². The van der Waals surface area contributed by atoms with Gasteiger partial charge in [0.25, 0.3) is 11.5 Å². The van der Waals surface area contributed by atoms with E-state index in [0.29, 0.717) is 17.7 Å². The van der Waals surface area contributed by atoms with Gasteiger partial charge in [-0.25, -0.2) is 8.42 Å². The van der Waals surface area contributed by atoms with Gasteiger partial charge in [-0.15, -0.1) is 0 Å². The van der Waals surface area contributed by atoms with Gasteiger partial charge in [-0.1, -0.05) is 0 Å². The minimum atomic E-state index is -3.37. The summed E-state index contributed by atoms with van der Waals surface area (Å²) in [6.07, 6.45) is 3.19. The monoisotopic (exact) mass is 347 g/mol. The molecule has 0 saturated heterocycles. The van der Waals surface area contributed by atoms with Crippen LogP contribution in [-0.4, -0.2) is 31.6 Å². The van der Waals surface area contributed by atoms with Crippen molar-refractivity contribution in [2.45, 2.75) is 19.4 Å². The molecule has 8 heteroatoms. The number of benzene rings is 1. The molecule has 1 atom stereocenters. The number of amides is 1. The van der Waals surface area contributed by atoms with Crippen molar-refractivity contribution < 1.29 is 13.2 Å². The molecule has 0 unspecified atom stereocenters. The van der Waals surface area contributed by atoms with Crippen LogP contribution in [0.25, 0.3) is 0 Å². The Balaban J connectivity index is 1.90. The first-order valence-corrected chi connectivity index (χ1v) is 9.23. The number of hydrogen-bond donors (Lipinski definition) is 2. The Morgan fingerprint density at radius 3 is 2.75 bits per heavy atom. The van der Waals surface area contributed by atoms with Crippen LogP contribution in [0.1, 0.15) is 22.8 Å². The van der Waals surface area contributed by atoms with Crippen LogP contribution in [0.4, 0.5) is 11.4 Å². The topological polar surface area (TPSA) is 99.3 Å². The fourth-order valence-electron chi connectivity index (χ4n) is 2.96. The molecule has 7 nitrogen and oxygen atoms in total. The molecule has 0 bridgehead atoms. The van der Waals surface area contributed by atoms with Crippen molar-refractivity contribution in [1.82, 2.24) is 4.98 Å². The van der Waals surface area contributed by atoms with Crippen LogP contribution >= 0.6 is 0 Å². The van der Waals surface area contributed by atoms with E-state index < -0.39 is 15.9 Å². The highest BCUT2D eigenvalue weighted by Crippen LogP contribution is 2.34. The third-order valence-electron chi connectivity index (χ3n) is 3.92. The second-order valence-corrected chi connectivity index (χ2v) is 7.68. The van der Waals surface area contributed by atoms with Crippen LogP contribution in [0.3, 0.4) is 0 Å². The van der Waals surface area contributed by atoms with Crippen LogP contribution in [0.5, 0.6) is 0 Å². The molecule has 0 spiro atoms. The highest BCUT2D eigenvalue weighted by molar-refractivity contribution is 7.92. The molecule has 2 N–H and O–H groups in total. The molecule has 1 aromatic carbocycles. The maximum absolute atomic E-state index is 12.3. The van der Waals surface area contributed by atoms with Gasteiger partial charge in [0.15, 0.2) is 0 Å². The number of H-pyrrole nitrogens is 1. The van der Waals surface area contributed by atoms with E-state index >= 15 is 0 Å². The number of carbonyl (C=O) groups excluding carboxylic acids is 1. The lowest BCUT2D eigenvalue weighted by atomic mass is 10.1. The fraction of sp³-hybridized carbons (Fsp3) is 0.250. The summed E-state index contributed by atoms with van der Waals surface area (Å²) in [5.41, 5.74) is 1.54. The molecule has 3 rings (SSSR count). The number of rotatable bonds is 3. The first-order chi connectivity index (χ1) is 11.3. The molecular formula is C16H17N3O4S. The molecule has 1 aliphatic rings. The van der Waals surface area contributed by atoms with E-state index in [1.807, 2.05) is 6.92 Å². The fourth-order valence-corrected chi connectivity index (χ4v) is 4.23. The number of anilines is 2. The van der Waals surface area contributed by atoms with Crippen LogP contribution in [-0.2, 0) is 16.4 Å². The molecule has 1 amide bonds. The summed E-state index contributed by atoms with van der Waals surface area (Å²) in [4.78, 5) is 26.4. The molecule has 24 heavy (non-hydrogen) atoms. The first kappa shape index (κ1) is 16.3. The van der Waals surface area contributed by atoms with E-state index in [9.17, 15) is 18.0 Å². The molecule has 0 aliphatic carbocycles. The zero-order valence-electron chi connectivity index (χ0n) is 13.2. The quantitative estimate of drug-likeness (QED) is 0.875. The summed E-state index contributed by atoms with van der Waals surface area (Å²) >= 11 is 0. The number of nitrogens with zero attached hydrogens (tertiary/aromatic N) is 1. The van der Waals surface area contributed by atoms with Crippen molar-refractivity contribution in [2.24, 2.45) is 0 Å². The number of hydrogen-bond acceptors (Lipinski definition) is 4. The summed E-state index contributed by atoms with van der Waals surface area (Å²) in [5.74, 6) is -0.417. The minimum absolute atomic E-state index is 0.161. The van der Waals surface area contributed by atoms with Gasteiger partial charge in [-0.05, 0) is 49.2 Å². The van der Waals surface area contributed by atoms with E-state index in [0.717, 1.165) is 5.56 Å². The van der Waals surface area contributed by atoms with Gasteiger partial charge in [0.1, 0.15) is 5.69 Å². The standard InChI is InChI=1S/C16H17N3O4S/c1-10-8-12-9-11(5-6-14(12)19(10)24(2,22)23)15(20)18-13-4-3-7-17-16(13)21/h3-7,9-10H,8H2,1-2H3,(H,17,21)(H,18,20)/t10-/m1/s1. The largest absolute Gasteiger partial charge is 0.327 e. The minimum Gasteiger partial charge on any atom is -0.327 e. The molecule has 0 fully saturated rings. The van der Waals surface area contributed by atoms with E-state index in [4.69, 9.17) is 0 Å². The predicted molar refractivity (Wildman–Crippen MR) is 91.9 cm³/mol. The number of aromatic nitrogens is 1. The Kier molecular flexibility index (Phi) is 3.92. The van der Waals surface area contributed by atoms with Crippen LogP contribution in [0.15, 0.2) is 41.3 Å². The smallest absolute Gasteiger partial charge is 0.271 e. The Morgan fingerprint density at radius 1 is 1.33 bits per heavy atom. The van der Waals surface area contributed by atoms with Gasteiger partial charge < -0.3 is 10.3 Å². The van der Waals surface area contributed by atoms with Crippen molar-refractivity contribution in [1.29, 1.82) is 0 Å². The number of sulfonamides is 1. The molecular weight excluding hydrogens is 330 g/mol. The summed E-state index contributed by atoms with van der Waals surface area (Å²) in [7, 11) is -3.37. The lowest BCUT2D eigenvalue weighted by molar-refractivity contribution is 0.102. The third kappa shape index (κ3) is 2.92. The lowest BCUT2D eigenvalue weighted by Gasteiger charge is -2.21. The summed E-state index contributed by atoms with van der Waals surface area (Å²) in [6.45, 7) is 1.82. The highest BCUT2D eigenvalue weighted by atomic mass is 32.2. The molecule has 1 aliphatic heterocycles. The maximum Gasteiger partial charge on any atom is 0.271 e. The average molecular weight is 347 g/mol. The lowest BCUT2D eigenvalue weighted by Crippen LogP contribution is -2.34. The number of carbonyl (C=O) groups is 1. The Bertz CT molecular complexity index is 965. The number of nitrogens with one attached hydrogen (secondary N) is 2. The van der Waals surface area contributed by atoms with E-state index in [-0.39, 0.29) is 17.3 Å². The van der Waals surface area contributed by atoms with Gasteiger partial charge in [0.05, 0.1) is 11.9 Å². The number of aromatic amines is 1. The Hall–Kier alpha value is -2.61. The molecule has 2 aromatic rings. The average Bonchev–Trinajstić information content (AvgIpc) is 2.84. The van der Waals surface area contributed by atoms with Crippen molar-refractivity contribution >= 4 is 27.3 Å². The number of pyridine rings is 1. The molecule has 1 aromatic heterocycles. The second kappa shape index (κ2) is 5.79. The molecule has 0 saturated carbocycles. The van der Waals surface area contributed by atoms with E-state index in [2.05, 4.69) is 10.3 Å². The Morgan fingerprint density at radius 2 is 2.08 bits per heavy atom. The molecule has 2 heterocycles. The summed E-state index contributed by atoms with van der Waals surface area (Å²) < 4.78 is 25.2. The van der Waals surface area contributed by atoms with Crippen molar-refractivity contribution in [3.05, 3.63) is 58.0 Å². The second-order valence-electron chi connectivity index (χ2n) is 5.82. The number of fused-ring (bicyclic) bond motifs is 1. The first-order valence-electron chi connectivity index (χ1n) is 7.39.